The van der Waals surface area contributed by atoms with E-state index in [1.165, 1.54) is 16.9 Å². The number of methoxy groups -OCH3 is 2. The number of thiazole rings is 1. The van der Waals surface area contributed by atoms with Gasteiger partial charge in [0.05, 0.1) is 37.7 Å². The summed E-state index contributed by atoms with van der Waals surface area (Å²) in [5.41, 5.74) is 4.13. The van der Waals surface area contributed by atoms with E-state index in [9.17, 15) is 5.11 Å². The molecule has 2 heterocycles. The zero-order chi connectivity index (χ0) is 20.5. The highest BCUT2D eigenvalue weighted by atomic mass is 32.1. The molecular weight excluding hydrogens is 386 g/mol. The lowest BCUT2D eigenvalue weighted by Gasteiger charge is -2.21. The number of ether oxygens (including phenoxy) is 2. The van der Waals surface area contributed by atoms with Crippen LogP contribution < -0.4 is 14.4 Å². The molecule has 4 rings (SSSR count). The van der Waals surface area contributed by atoms with E-state index in [1.54, 1.807) is 37.3 Å². The van der Waals surface area contributed by atoms with Crippen molar-refractivity contribution in [2.45, 2.75) is 6.92 Å². The van der Waals surface area contributed by atoms with Crippen molar-refractivity contribution in [3.63, 3.8) is 0 Å². The van der Waals surface area contributed by atoms with Crippen molar-refractivity contribution in [2.75, 3.05) is 25.7 Å². The van der Waals surface area contributed by atoms with Gasteiger partial charge in [0.25, 0.3) is 0 Å². The summed E-state index contributed by atoms with van der Waals surface area (Å²) in [6.45, 7) is 2.22. The second-order valence-corrected chi connectivity index (χ2v) is 7.56. The first-order valence-corrected chi connectivity index (χ1v) is 9.93. The highest BCUT2D eigenvalue weighted by Crippen LogP contribution is 2.39. The molecule has 0 bridgehead atoms. The largest absolute Gasteiger partial charge is 0.510 e. The monoisotopic (exact) mass is 407 g/mol. The first kappa shape index (κ1) is 19.0. The van der Waals surface area contributed by atoms with Crippen molar-refractivity contribution in [3.8, 4) is 22.8 Å². The Kier molecular flexibility index (Phi) is 4.98. The fourth-order valence-electron chi connectivity index (χ4n) is 3.26. The highest BCUT2D eigenvalue weighted by molar-refractivity contribution is 7.11. The van der Waals surface area contributed by atoms with Gasteiger partial charge >= 0.3 is 0 Å². The van der Waals surface area contributed by atoms with Crippen molar-refractivity contribution in [1.29, 1.82) is 5.41 Å². The molecule has 3 aromatic rings. The lowest BCUT2D eigenvalue weighted by Crippen LogP contribution is -2.26. The summed E-state index contributed by atoms with van der Waals surface area (Å²) >= 11 is 1.42. The summed E-state index contributed by atoms with van der Waals surface area (Å²) in [5, 5.41) is 21.9. The van der Waals surface area contributed by atoms with Gasteiger partial charge in [-0.1, -0.05) is 29.8 Å². The van der Waals surface area contributed by atoms with Gasteiger partial charge in [-0.05, 0) is 19.1 Å². The van der Waals surface area contributed by atoms with Crippen LogP contribution in [0.25, 0.3) is 16.8 Å². The number of amidine groups is 1. The summed E-state index contributed by atoms with van der Waals surface area (Å²) in [4.78, 5) is 6.37. The molecule has 2 aromatic carbocycles. The quantitative estimate of drug-likeness (QED) is 0.629. The maximum Gasteiger partial charge on any atom is 0.142 e. The zero-order valence-corrected chi connectivity index (χ0v) is 17.2. The molecule has 0 amide bonds. The minimum absolute atomic E-state index is 0.115. The Morgan fingerprint density at radius 1 is 1.10 bits per heavy atom. The fraction of sp³-hybridized carbons (Fsp3) is 0.182. The van der Waals surface area contributed by atoms with Crippen LogP contribution in [0.15, 0.2) is 53.6 Å². The smallest absolute Gasteiger partial charge is 0.142 e. The van der Waals surface area contributed by atoms with Crippen LogP contribution in [0.5, 0.6) is 11.5 Å². The molecule has 1 aliphatic heterocycles. The summed E-state index contributed by atoms with van der Waals surface area (Å²) in [7, 11) is 3.16. The van der Waals surface area contributed by atoms with Crippen molar-refractivity contribution in [3.05, 3.63) is 64.2 Å². The number of aliphatic hydroxyl groups is 1. The molecule has 0 aliphatic carbocycles. The number of aryl methyl sites for hydroxylation is 1. The molecule has 0 saturated carbocycles. The van der Waals surface area contributed by atoms with Crippen LogP contribution in [0.1, 0.15) is 10.6 Å². The summed E-state index contributed by atoms with van der Waals surface area (Å²) in [6, 6.07) is 13.5. The third kappa shape index (κ3) is 3.45. The second kappa shape index (κ2) is 7.60. The van der Waals surface area contributed by atoms with Gasteiger partial charge in [-0.3, -0.25) is 5.41 Å². The van der Waals surface area contributed by atoms with E-state index >= 15 is 0 Å². The molecule has 148 valence electrons. The van der Waals surface area contributed by atoms with Crippen LogP contribution in [-0.4, -0.2) is 36.7 Å². The van der Waals surface area contributed by atoms with Gasteiger partial charge in [0, 0.05) is 17.0 Å². The van der Waals surface area contributed by atoms with Gasteiger partial charge in [0.15, 0.2) is 0 Å². The zero-order valence-electron chi connectivity index (χ0n) is 16.4. The number of nitrogens with one attached hydrogen (secondary N) is 1. The van der Waals surface area contributed by atoms with E-state index < -0.39 is 0 Å². The van der Waals surface area contributed by atoms with E-state index in [0.717, 1.165) is 11.3 Å². The lowest BCUT2D eigenvalue weighted by molar-refractivity contribution is 0.400. The number of nitrogens with zero attached hydrogens (tertiary/aromatic N) is 2. The van der Waals surface area contributed by atoms with Gasteiger partial charge in [-0.25, -0.2) is 4.98 Å². The Hall–Kier alpha value is -3.32. The number of hydrogen-bond acceptors (Lipinski definition) is 6. The number of hydrogen-bond donors (Lipinski definition) is 2. The Labute approximate surface area is 173 Å². The third-order valence-electron chi connectivity index (χ3n) is 4.85. The standard InChI is InChI=1S/C22H21N3O3S/c1-13-4-6-14(7-5-13)16-12-29-22(24-16)20-18(26)11-25(21(20)23)17-10-15(27-2)8-9-19(17)28-3/h4-10,12,23,26H,11H2,1-3H3. The molecule has 7 heteroatoms. The van der Waals surface area contributed by atoms with Crippen LogP contribution in [0.3, 0.4) is 0 Å². The van der Waals surface area contributed by atoms with Crippen molar-refractivity contribution in [2.24, 2.45) is 0 Å². The minimum atomic E-state index is 0.115. The molecular formula is C22H21N3O3S. The summed E-state index contributed by atoms with van der Waals surface area (Å²) in [5.74, 6) is 1.55. The normalized spacial score (nSPS) is 13.9. The van der Waals surface area contributed by atoms with E-state index in [4.69, 9.17) is 14.9 Å². The third-order valence-corrected chi connectivity index (χ3v) is 5.71. The Morgan fingerprint density at radius 3 is 2.55 bits per heavy atom. The maximum absolute atomic E-state index is 10.6. The predicted octanol–water partition coefficient (Wildman–Crippen LogP) is 4.90. The average Bonchev–Trinajstić information content (AvgIpc) is 3.32. The van der Waals surface area contributed by atoms with E-state index in [-0.39, 0.29) is 18.1 Å². The van der Waals surface area contributed by atoms with Gasteiger partial charge in [-0.2, -0.15) is 0 Å². The molecule has 0 atom stereocenters. The van der Waals surface area contributed by atoms with Crippen molar-refractivity contribution >= 4 is 28.4 Å². The summed E-state index contributed by atoms with van der Waals surface area (Å²) in [6.07, 6.45) is 0. The van der Waals surface area contributed by atoms with Gasteiger partial charge in [0.2, 0.25) is 0 Å². The molecule has 29 heavy (non-hydrogen) atoms. The van der Waals surface area contributed by atoms with Crippen LogP contribution in [0.4, 0.5) is 5.69 Å². The molecule has 0 spiro atoms. The van der Waals surface area contributed by atoms with Crippen molar-refractivity contribution in [1.82, 2.24) is 4.98 Å². The predicted molar refractivity (Wildman–Crippen MR) is 116 cm³/mol. The van der Waals surface area contributed by atoms with E-state index in [1.807, 2.05) is 36.6 Å². The molecule has 0 radical (unpaired) electrons. The van der Waals surface area contributed by atoms with E-state index in [0.29, 0.717) is 27.8 Å². The number of anilines is 1. The SMILES string of the molecule is COc1ccc(OC)c(N2CC(O)=C(c3nc(-c4ccc(C)cc4)cs3)C2=N)c1. The van der Waals surface area contributed by atoms with Gasteiger partial charge in [0.1, 0.15) is 28.1 Å². The topological polar surface area (TPSA) is 78.7 Å². The van der Waals surface area contributed by atoms with Gasteiger partial charge < -0.3 is 19.5 Å². The Bertz CT molecular complexity index is 1100. The van der Waals surface area contributed by atoms with Crippen molar-refractivity contribution < 1.29 is 14.6 Å². The van der Waals surface area contributed by atoms with E-state index in [2.05, 4.69) is 4.98 Å². The average molecular weight is 407 g/mol. The van der Waals surface area contributed by atoms with Gasteiger partial charge in [-0.15, -0.1) is 11.3 Å². The number of benzene rings is 2. The molecule has 2 N–H and O–H groups in total. The fourth-order valence-corrected chi connectivity index (χ4v) is 4.16. The lowest BCUT2D eigenvalue weighted by atomic mass is 10.1. The number of rotatable bonds is 5. The van der Waals surface area contributed by atoms with Crippen LogP contribution in [0, 0.1) is 12.3 Å². The molecule has 6 nitrogen and oxygen atoms in total. The molecule has 0 saturated heterocycles. The number of aromatic nitrogens is 1. The van der Waals surface area contributed by atoms with Crippen LogP contribution >= 0.6 is 11.3 Å². The van der Waals surface area contributed by atoms with Crippen LogP contribution in [0.2, 0.25) is 0 Å². The minimum Gasteiger partial charge on any atom is -0.510 e. The summed E-state index contributed by atoms with van der Waals surface area (Å²) < 4.78 is 10.8. The molecule has 0 fully saturated rings. The Morgan fingerprint density at radius 2 is 1.86 bits per heavy atom. The molecule has 1 aliphatic rings. The number of aliphatic hydroxyl groups excluding tert-OH is 1. The first-order chi connectivity index (χ1) is 14.0. The maximum atomic E-state index is 10.6. The first-order valence-electron chi connectivity index (χ1n) is 9.05. The Balaban J connectivity index is 1.66. The molecule has 0 unspecified atom stereocenters. The molecule has 1 aromatic heterocycles. The second-order valence-electron chi connectivity index (χ2n) is 6.70. The highest BCUT2D eigenvalue weighted by Gasteiger charge is 2.33. The van der Waals surface area contributed by atoms with Crippen LogP contribution in [-0.2, 0) is 0 Å².